The zero-order valence-corrected chi connectivity index (χ0v) is 26.5. The summed E-state index contributed by atoms with van der Waals surface area (Å²) in [6, 6.07) is 17.5. The first-order valence-corrected chi connectivity index (χ1v) is 16.2. The molecule has 242 valence electrons. The van der Waals surface area contributed by atoms with Gasteiger partial charge in [-0.05, 0) is 57.2 Å². The number of para-hydroxylation sites is 1. The van der Waals surface area contributed by atoms with Gasteiger partial charge in [0.25, 0.3) is 0 Å². The number of benzene rings is 2. The Morgan fingerprint density at radius 3 is 2.27 bits per heavy atom. The number of anilines is 3. The number of pyridine rings is 1. The van der Waals surface area contributed by atoms with Crippen molar-refractivity contribution in [3.63, 3.8) is 0 Å². The molecule has 0 saturated heterocycles. The highest BCUT2D eigenvalue weighted by atomic mass is 32.2. The molecule has 2 aromatic carbocycles. The molecule has 14 heteroatoms. The monoisotopic (exact) mass is 639 g/mol. The molecule has 1 heterocycles. The van der Waals surface area contributed by atoms with Crippen LogP contribution in [-0.4, -0.2) is 97.6 Å². The molecule has 0 fully saturated rings. The summed E-state index contributed by atoms with van der Waals surface area (Å²) in [6.07, 6.45) is -1.32. The zero-order valence-electron chi connectivity index (χ0n) is 25.7. The largest absolute Gasteiger partial charge is 0.394 e. The first kappa shape index (κ1) is 35.5. The van der Waals surface area contributed by atoms with Crippen molar-refractivity contribution in [3.8, 4) is 6.07 Å². The second-order valence-electron chi connectivity index (χ2n) is 10.5. The minimum Gasteiger partial charge on any atom is -0.394 e. The summed E-state index contributed by atoms with van der Waals surface area (Å²) in [5, 5.41) is 53.4. The van der Waals surface area contributed by atoms with Crippen molar-refractivity contribution in [1.29, 1.82) is 5.26 Å². The van der Waals surface area contributed by atoms with E-state index in [0.717, 1.165) is 5.69 Å². The zero-order chi connectivity index (χ0) is 32.8. The van der Waals surface area contributed by atoms with Gasteiger partial charge < -0.3 is 30.7 Å². The third-order valence-electron chi connectivity index (χ3n) is 6.52. The van der Waals surface area contributed by atoms with Gasteiger partial charge in [0.1, 0.15) is 17.6 Å². The van der Waals surface area contributed by atoms with Crippen LogP contribution in [0.3, 0.4) is 0 Å². The van der Waals surface area contributed by atoms with E-state index in [0.29, 0.717) is 41.7 Å². The van der Waals surface area contributed by atoms with Crippen LogP contribution < -0.4 is 10.6 Å². The Kier molecular flexibility index (Phi) is 13.8. The van der Waals surface area contributed by atoms with Crippen LogP contribution in [-0.2, 0) is 14.6 Å². The van der Waals surface area contributed by atoms with Crippen LogP contribution in [0.1, 0.15) is 25.0 Å². The van der Waals surface area contributed by atoms with Crippen LogP contribution in [0.15, 0.2) is 69.7 Å². The quantitative estimate of drug-likeness (QED) is 0.101. The van der Waals surface area contributed by atoms with Crippen LogP contribution in [0.4, 0.5) is 28.7 Å². The van der Waals surface area contributed by atoms with Crippen molar-refractivity contribution in [2.75, 3.05) is 62.4 Å². The molecule has 0 saturated carbocycles. The van der Waals surface area contributed by atoms with E-state index >= 15 is 0 Å². The Morgan fingerprint density at radius 1 is 1.00 bits per heavy atom. The van der Waals surface area contributed by atoms with Gasteiger partial charge in [-0.15, -0.1) is 5.11 Å². The number of nitrogens with one attached hydrogen (secondary N) is 2. The number of aromatic nitrogens is 1. The Bertz CT molecular complexity index is 1530. The maximum absolute atomic E-state index is 13.0. The number of aliphatic hydroxyl groups is 3. The number of sulfone groups is 1. The van der Waals surface area contributed by atoms with Gasteiger partial charge in [-0.3, -0.25) is 4.90 Å². The Morgan fingerprint density at radius 2 is 1.67 bits per heavy atom. The summed E-state index contributed by atoms with van der Waals surface area (Å²) >= 11 is 0. The average molecular weight is 640 g/mol. The summed E-state index contributed by atoms with van der Waals surface area (Å²) in [6.45, 7) is 6.41. The third-order valence-corrected chi connectivity index (χ3v) is 8.23. The molecule has 0 aliphatic carbocycles. The molecule has 0 amide bonds. The van der Waals surface area contributed by atoms with Crippen molar-refractivity contribution in [2.45, 2.75) is 37.9 Å². The van der Waals surface area contributed by atoms with Crippen LogP contribution >= 0.6 is 0 Å². The summed E-state index contributed by atoms with van der Waals surface area (Å²) in [7, 11) is -3.65. The van der Waals surface area contributed by atoms with Crippen LogP contribution in [0.5, 0.6) is 0 Å². The van der Waals surface area contributed by atoms with E-state index < -0.39 is 22.0 Å². The van der Waals surface area contributed by atoms with Crippen molar-refractivity contribution in [3.05, 3.63) is 65.7 Å². The second-order valence-corrected chi connectivity index (χ2v) is 12.6. The lowest BCUT2D eigenvalue weighted by atomic mass is 10.1. The molecular formula is C31H41N7O6S. The third kappa shape index (κ3) is 11.2. The predicted octanol–water partition coefficient (Wildman–Crippen LogP) is 3.68. The number of azo groups is 1. The van der Waals surface area contributed by atoms with Gasteiger partial charge in [-0.2, -0.15) is 10.4 Å². The van der Waals surface area contributed by atoms with Crippen LogP contribution in [0.2, 0.25) is 0 Å². The topological polar surface area (TPSA) is 193 Å². The molecule has 13 nitrogen and oxygen atoms in total. The summed E-state index contributed by atoms with van der Waals surface area (Å²) in [5.74, 6) is 0.519. The van der Waals surface area contributed by atoms with E-state index in [1.165, 1.54) is 12.1 Å². The van der Waals surface area contributed by atoms with Crippen molar-refractivity contribution in [2.24, 2.45) is 10.2 Å². The number of ether oxygens (including phenoxy) is 1. The lowest BCUT2D eigenvalue weighted by Crippen LogP contribution is -2.39. The minimum atomic E-state index is -3.65. The standard InChI is InChI=1S/C31H41N7O6S/c1-22(40)20-38(21-23(2)41)14-18-45(42,43)27-11-9-26(10-12-27)36-37-29-24(3)28(19-32)30(33-13-16-44-17-15-39)35-31(29)34-25-7-5-4-6-8-25/h4-12,22-23,39-41H,13-18,20-21H2,1-3H3,(H2,33,34,35). The summed E-state index contributed by atoms with van der Waals surface area (Å²) < 4.78 is 31.3. The fourth-order valence-corrected chi connectivity index (χ4v) is 5.72. The number of nitrogens with zero attached hydrogens (tertiary/aromatic N) is 5. The number of hydrogen-bond acceptors (Lipinski definition) is 13. The molecule has 3 aromatic rings. The van der Waals surface area contributed by atoms with Gasteiger partial charge in [-0.1, -0.05) is 18.2 Å². The number of rotatable bonds is 18. The Hall–Kier alpha value is -3.97. The molecule has 0 bridgehead atoms. The molecule has 1 aromatic heterocycles. The molecule has 0 aliphatic rings. The second kappa shape index (κ2) is 17.5. The molecule has 5 N–H and O–H groups in total. The maximum Gasteiger partial charge on any atom is 0.179 e. The average Bonchev–Trinajstić information content (AvgIpc) is 3.00. The van der Waals surface area contributed by atoms with Gasteiger partial charge >= 0.3 is 0 Å². The van der Waals surface area contributed by atoms with Crippen molar-refractivity contribution in [1.82, 2.24) is 9.88 Å². The van der Waals surface area contributed by atoms with E-state index in [1.807, 2.05) is 30.3 Å². The molecule has 2 atom stereocenters. The van der Waals surface area contributed by atoms with Gasteiger partial charge in [0.15, 0.2) is 15.7 Å². The first-order chi connectivity index (χ1) is 21.5. The lowest BCUT2D eigenvalue weighted by Gasteiger charge is -2.24. The van der Waals surface area contributed by atoms with Gasteiger partial charge in [-0.25, -0.2) is 13.4 Å². The van der Waals surface area contributed by atoms with E-state index in [9.17, 15) is 23.9 Å². The molecule has 2 unspecified atom stereocenters. The minimum absolute atomic E-state index is 0.0848. The number of nitriles is 1. The van der Waals surface area contributed by atoms with Gasteiger partial charge in [0.05, 0.1) is 53.9 Å². The number of hydrogen-bond donors (Lipinski definition) is 5. The smallest absolute Gasteiger partial charge is 0.179 e. The predicted molar refractivity (Wildman–Crippen MR) is 172 cm³/mol. The Labute approximate surface area is 264 Å². The van der Waals surface area contributed by atoms with Gasteiger partial charge in [0.2, 0.25) is 0 Å². The molecule has 0 radical (unpaired) electrons. The van der Waals surface area contributed by atoms with E-state index in [-0.39, 0.29) is 49.1 Å². The normalized spacial score (nSPS) is 13.1. The molecular weight excluding hydrogens is 598 g/mol. The molecule has 0 spiro atoms. The fourth-order valence-electron chi connectivity index (χ4n) is 4.43. The highest BCUT2D eigenvalue weighted by Crippen LogP contribution is 2.36. The van der Waals surface area contributed by atoms with Crippen LogP contribution in [0.25, 0.3) is 0 Å². The molecule has 45 heavy (non-hydrogen) atoms. The fraction of sp³-hybridized carbons (Fsp3) is 0.419. The highest BCUT2D eigenvalue weighted by Gasteiger charge is 2.20. The van der Waals surface area contributed by atoms with Crippen molar-refractivity contribution >= 4 is 38.5 Å². The Balaban J connectivity index is 1.84. The number of aliphatic hydroxyl groups excluding tert-OH is 3. The molecule has 3 rings (SSSR count). The van der Waals surface area contributed by atoms with E-state index in [4.69, 9.17) is 9.84 Å². The highest BCUT2D eigenvalue weighted by molar-refractivity contribution is 7.91. The summed E-state index contributed by atoms with van der Waals surface area (Å²) in [4.78, 5) is 6.46. The maximum atomic E-state index is 13.0. The lowest BCUT2D eigenvalue weighted by molar-refractivity contribution is 0.0873. The SMILES string of the molecule is Cc1c(C#N)c(NCCOCCO)nc(Nc2ccccc2)c1N=Nc1ccc(S(=O)(=O)CCN(CC(C)O)CC(C)O)cc1. The van der Waals surface area contributed by atoms with E-state index in [1.54, 1.807) is 37.8 Å². The summed E-state index contributed by atoms with van der Waals surface area (Å²) in [5.41, 5.74) is 2.30. The molecule has 0 aliphatic heterocycles. The van der Waals surface area contributed by atoms with E-state index in [2.05, 4.69) is 31.9 Å². The van der Waals surface area contributed by atoms with Gasteiger partial charge in [0, 0.05) is 37.4 Å². The van der Waals surface area contributed by atoms with Crippen LogP contribution in [0, 0.1) is 18.3 Å². The first-order valence-electron chi connectivity index (χ1n) is 14.6. The van der Waals surface area contributed by atoms with Crippen molar-refractivity contribution < 1.29 is 28.5 Å².